The number of hydrogen-bond acceptors (Lipinski definition) is 3. The zero-order chi connectivity index (χ0) is 13.1. The summed E-state index contributed by atoms with van der Waals surface area (Å²) in [6, 6.07) is 5.86. The first-order chi connectivity index (χ1) is 8.63. The van der Waals surface area contributed by atoms with E-state index in [1.54, 1.807) is 18.7 Å². The normalized spacial score (nSPS) is 16.6. The molecule has 98 valence electrons. The molecule has 1 aliphatic heterocycles. The van der Waals surface area contributed by atoms with Crippen LogP contribution in [0.2, 0.25) is 0 Å². The molecule has 1 atom stereocenters. The molecule has 2 rings (SSSR count). The van der Waals surface area contributed by atoms with Gasteiger partial charge in [-0.05, 0) is 31.0 Å². The SMILES string of the molecule is CCCCN1C(=O)CSc2cc(C(C)O)ccc21. The number of rotatable bonds is 4. The average Bonchev–Trinajstić information content (AvgIpc) is 2.37. The highest BCUT2D eigenvalue weighted by molar-refractivity contribution is 8.00. The lowest BCUT2D eigenvalue weighted by molar-refractivity contribution is -0.116. The molecule has 18 heavy (non-hydrogen) atoms. The van der Waals surface area contributed by atoms with Crippen molar-refractivity contribution >= 4 is 23.4 Å². The predicted octanol–water partition coefficient (Wildman–Crippen LogP) is 2.98. The molecule has 0 aliphatic carbocycles. The number of carbonyl (C=O) groups is 1. The highest BCUT2D eigenvalue weighted by Gasteiger charge is 2.24. The van der Waals surface area contributed by atoms with Crippen LogP contribution in [0, 0.1) is 0 Å². The Morgan fingerprint density at radius 1 is 1.50 bits per heavy atom. The lowest BCUT2D eigenvalue weighted by atomic mass is 10.1. The Kier molecular flexibility index (Phi) is 4.30. The van der Waals surface area contributed by atoms with Crippen molar-refractivity contribution in [2.45, 2.75) is 37.7 Å². The Balaban J connectivity index is 2.29. The van der Waals surface area contributed by atoms with Crippen molar-refractivity contribution in [3.8, 4) is 0 Å². The minimum absolute atomic E-state index is 0.186. The van der Waals surface area contributed by atoms with Crippen molar-refractivity contribution in [3.63, 3.8) is 0 Å². The van der Waals surface area contributed by atoms with Crippen molar-refractivity contribution in [1.29, 1.82) is 0 Å². The van der Waals surface area contributed by atoms with Crippen LogP contribution < -0.4 is 4.90 Å². The molecule has 0 bridgehead atoms. The van der Waals surface area contributed by atoms with E-state index in [-0.39, 0.29) is 5.91 Å². The van der Waals surface area contributed by atoms with E-state index in [0.717, 1.165) is 35.5 Å². The molecule has 0 radical (unpaired) electrons. The van der Waals surface area contributed by atoms with Gasteiger partial charge in [-0.25, -0.2) is 0 Å². The number of fused-ring (bicyclic) bond motifs is 1. The number of aliphatic hydroxyl groups excluding tert-OH is 1. The third-order valence-corrected chi connectivity index (χ3v) is 4.17. The smallest absolute Gasteiger partial charge is 0.237 e. The molecule has 3 nitrogen and oxygen atoms in total. The summed E-state index contributed by atoms with van der Waals surface area (Å²) < 4.78 is 0. The van der Waals surface area contributed by atoms with Gasteiger partial charge in [-0.15, -0.1) is 11.8 Å². The topological polar surface area (TPSA) is 40.5 Å². The summed E-state index contributed by atoms with van der Waals surface area (Å²) in [7, 11) is 0. The van der Waals surface area contributed by atoms with Crippen LogP contribution in [0.25, 0.3) is 0 Å². The van der Waals surface area contributed by atoms with Gasteiger partial charge in [0.25, 0.3) is 0 Å². The zero-order valence-corrected chi connectivity index (χ0v) is 11.7. The van der Waals surface area contributed by atoms with Gasteiger partial charge in [0, 0.05) is 11.4 Å². The molecule has 1 heterocycles. The largest absolute Gasteiger partial charge is 0.389 e. The van der Waals surface area contributed by atoms with E-state index < -0.39 is 6.10 Å². The second-order valence-electron chi connectivity index (χ2n) is 4.59. The summed E-state index contributed by atoms with van der Waals surface area (Å²) in [5, 5.41) is 9.59. The fourth-order valence-electron chi connectivity index (χ4n) is 2.04. The monoisotopic (exact) mass is 265 g/mol. The Morgan fingerprint density at radius 2 is 2.28 bits per heavy atom. The van der Waals surface area contributed by atoms with Gasteiger partial charge in [0.1, 0.15) is 0 Å². The van der Waals surface area contributed by atoms with Crippen molar-refractivity contribution in [1.82, 2.24) is 0 Å². The van der Waals surface area contributed by atoms with Gasteiger partial charge in [0.2, 0.25) is 5.91 Å². The number of aliphatic hydroxyl groups is 1. The fraction of sp³-hybridized carbons (Fsp3) is 0.500. The first-order valence-electron chi connectivity index (χ1n) is 6.38. The van der Waals surface area contributed by atoms with E-state index in [0.29, 0.717) is 5.75 Å². The highest BCUT2D eigenvalue weighted by atomic mass is 32.2. The number of hydrogen-bond donors (Lipinski definition) is 1. The van der Waals surface area contributed by atoms with Crippen molar-refractivity contribution in [3.05, 3.63) is 23.8 Å². The summed E-state index contributed by atoms with van der Waals surface area (Å²) in [4.78, 5) is 14.9. The third-order valence-electron chi connectivity index (χ3n) is 3.14. The molecule has 1 aliphatic rings. The Hall–Kier alpha value is -1.00. The first kappa shape index (κ1) is 13.4. The highest BCUT2D eigenvalue weighted by Crippen LogP contribution is 2.37. The molecular weight excluding hydrogens is 246 g/mol. The Morgan fingerprint density at radius 3 is 2.94 bits per heavy atom. The Labute approximate surface area is 112 Å². The van der Waals surface area contributed by atoms with Crippen LogP contribution in [0.15, 0.2) is 23.1 Å². The summed E-state index contributed by atoms with van der Waals surface area (Å²) in [5.41, 5.74) is 1.90. The summed E-state index contributed by atoms with van der Waals surface area (Å²) in [5.74, 6) is 0.686. The molecule has 0 aromatic heterocycles. The third kappa shape index (κ3) is 2.70. The van der Waals surface area contributed by atoms with E-state index >= 15 is 0 Å². The molecule has 4 heteroatoms. The van der Waals surface area contributed by atoms with E-state index in [9.17, 15) is 9.90 Å². The van der Waals surface area contributed by atoms with Crippen molar-refractivity contribution < 1.29 is 9.90 Å². The van der Waals surface area contributed by atoms with Gasteiger partial charge < -0.3 is 10.0 Å². The number of anilines is 1. The average molecular weight is 265 g/mol. The van der Waals surface area contributed by atoms with E-state index in [1.807, 2.05) is 23.1 Å². The van der Waals surface area contributed by atoms with E-state index in [4.69, 9.17) is 0 Å². The number of thioether (sulfide) groups is 1. The van der Waals surface area contributed by atoms with Gasteiger partial charge in [0.05, 0.1) is 17.5 Å². The minimum Gasteiger partial charge on any atom is -0.389 e. The van der Waals surface area contributed by atoms with Crippen LogP contribution in [0.5, 0.6) is 0 Å². The zero-order valence-electron chi connectivity index (χ0n) is 10.8. The minimum atomic E-state index is -0.461. The summed E-state index contributed by atoms with van der Waals surface area (Å²) >= 11 is 1.56. The first-order valence-corrected chi connectivity index (χ1v) is 7.37. The summed E-state index contributed by atoms with van der Waals surface area (Å²) in [6.45, 7) is 4.67. The lowest BCUT2D eigenvalue weighted by Gasteiger charge is -2.29. The quantitative estimate of drug-likeness (QED) is 0.910. The maximum atomic E-state index is 11.9. The molecule has 1 N–H and O–H groups in total. The molecule has 0 saturated heterocycles. The second-order valence-corrected chi connectivity index (χ2v) is 5.61. The van der Waals surface area contributed by atoms with Crippen molar-refractivity contribution in [2.75, 3.05) is 17.2 Å². The number of nitrogens with zero attached hydrogens (tertiary/aromatic N) is 1. The van der Waals surface area contributed by atoms with Crippen LogP contribution in [0.4, 0.5) is 5.69 Å². The second kappa shape index (κ2) is 5.76. The molecule has 1 aromatic rings. The Bertz CT molecular complexity index is 445. The van der Waals surface area contributed by atoms with Crippen LogP contribution >= 0.6 is 11.8 Å². The van der Waals surface area contributed by atoms with Crippen LogP contribution in [-0.4, -0.2) is 23.3 Å². The predicted molar refractivity (Wildman–Crippen MR) is 75.1 cm³/mol. The van der Waals surface area contributed by atoms with Crippen LogP contribution in [-0.2, 0) is 4.79 Å². The van der Waals surface area contributed by atoms with Crippen molar-refractivity contribution in [2.24, 2.45) is 0 Å². The van der Waals surface area contributed by atoms with Gasteiger partial charge in [-0.1, -0.05) is 19.4 Å². The molecule has 0 spiro atoms. The number of unbranched alkanes of at least 4 members (excludes halogenated alkanes) is 1. The maximum Gasteiger partial charge on any atom is 0.237 e. The molecule has 1 amide bonds. The molecule has 1 aromatic carbocycles. The van der Waals surface area contributed by atoms with Gasteiger partial charge in [0.15, 0.2) is 0 Å². The molecule has 0 saturated carbocycles. The number of benzene rings is 1. The number of amides is 1. The van der Waals surface area contributed by atoms with Gasteiger partial charge in [-0.3, -0.25) is 4.79 Å². The molecular formula is C14H19NO2S. The van der Waals surface area contributed by atoms with Crippen LogP contribution in [0.1, 0.15) is 38.4 Å². The fourth-order valence-corrected chi connectivity index (χ4v) is 3.02. The van der Waals surface area contributed by atoms with E-state index in [1.165, 1.54) is 0 Å². The lowest BCUT2D eigenvalue weighted by Crippen LogP contribution is -2.36. The van der Waals surface area contributed by atoms with Gasteiger partial charge in [-0.2, -0.15) is 0 Å². The summed E-state index contributed by atoms with van der Waals surface area (Å²) in [6.07, 6.45) is 1.64. The van der Waals surface area contributed by atoms with Gasteiger partial charge >= 0.3 is 0 Å². The number of carbonyl (C=O) groups excluding carboxylic acids is 1. The molecule has 0 fully saturated rings. The maximum absolute atomic E-state index is 11.9. The van der Waals surface area contributed by atoms with E-state index in [2.05, 4.69) is 6.92 Å². The van der Waals surface area contributed by atoms with Crippen LogP contribution in [0.3, 0.4) is 0 Å². The molecule has 1 unspecified atom stereocenters. The standard InChI is InChI=1S/C14H19NO2S/c1-3-4-7-15-12-6-5-11(10(2)16)8-13(12)18-9-14(15)17/h5-6,8,10,16H,3-4,7,9H2,1-2H3.